The lowest BCUT2D eigenvalue weighted by molar-refractivity contribution is -0.123. The Morgan fingerprint density at radius 1 is 1.16 bits per heavy atom. The molecule has 3 rings (SSSR count). The molecule has 1 aliphatic carbocycles. The first-order valence-electron chi connectivity index (χ1n) is 9.43. The second-order valence-corrected chi connectivity index (χ2v) is 10.7. The Labute approximate surface area is 204 Å². The Balaban J connectivity index is 1.74. The molecule has 168 valence electrons. The van der Waals surface area contributed by atoms with Crippen molar-refractivity contribution < 1.29 is 19.1 Å². The van der Waals surface area contributed by atoms with Gasteiger partial charge in [-0.3, -0.25) is 4.79 Å². The molecule has 0 unspecified atom stereocenters. The maximum Gasteiger partial charge on any atom is 0.341 e. The number of amides is 1. The molecule has 2 N–H and O–H groups in total. The number of fused-ring (bicyclic) bond motifs is 1. The fourth-order valence-corrected chi connectivity index (χ4v) is 4.96. The van der Waals surface area contributed by atoms with Crippen LogP contribution < -0.4 is 15.4 Å². The number of esters is 1. The Kier molecular flexibility index (Phi) is 8.21. The van der Waals surface area contributed by atoms with Crippen LogP contribution in [0, 0.1) is 0 Å². The van der Waals surface area contributed by atoms with Crippen molar-refractivity contribution in [3.8, 4) is 5.75 Å². The van der Waals surface area contributed by atoms with Crippen LogP contribution >= 0.6 is 57.7 Å². The molecule has 0 radical (unpaired) electrons. The van der Waals surface area contributed by atoms with E-state index in [2.05, 4.69) is 10.6 Å². The van der Waals surface area contributed by atoms with Crippen molar-refractivity contribution in [2.24, 2.45) is 0 Å². The van der Waals surface area contributed by atoms with E-state index in [0.717, 1.165) is 36.1 Å². The number of nitrogens with one attached hydrogen (secondary N) is 2. The van der Waals surface area contributed by atoms with Crippen LogP contribution in [0.15, 0.2) is 24.3 Å². The quantitative estimate of drug-likeness (QED) is 0.288. The van der Waals surface area contributed by atoms with Crippen LogP contribution in [0.1, 0.15) is 33.6 Å². The Morgan fingerprint density at radius 3 is 2.48 bits per heavy atom. The van der Waals surface area contributed by atoms with Gasteiger partial charge in [-0.2, -0.15) is 0 Å². The van der Waals surface area contributed by atoms with E-state index in [-0.39, 0.29) is 6.61 Å². The van der Waals surface area contributed by atoms with Crippen molar-refractivity contribution in [3.63, 3.8) is 0 Å². The first-order chi connectivity index (χ1) is 14.7. The summed E-state index contributed by atoms with van der Waals surface area (Å²) in [6.07, 6.45) is 2.56. The van der Waals surface area contributed by atoms with E-state index >= 15 is 0 Å². The summed E-state index contributed by atoms with van der Waals surface area (Å²) in [5.74, 6) is -0.515. The third kappa shape index (κ3) is 6.33. The molecule has 0 saturated heterocycles. The highest BCUT2D eigenvalue weighted by Crippen LogP contribution is 2.40. The highest BCUT2D eigenvalue weighted by molar-refractivity contribution is 7.16. The van der Waals surface area contributed by atoms with Crippen molar-refractivity contribution in [3.05, 3.63) is 45.3 Å². The number of hydrogen-bond acceptors (Lipinski definition) is 6. The summed E-state index contributed by atoms with van der Waals surface area (Å²) < 4.78 is 8.50. The molecule has 11 heteroatoms. The lowest BCUT2D eigenvalue weighted by Crippen LogP contribution is -2.50. The Morgan fingerprint density at radius 2 is 1.84 bits per heavy atom. The van der Waals surface area contributed by atoms with Crippen LogP contribution in [0.4, 0.5) is 5.00 Å². The average molecular weight is 526 g/mol. The molecule has 0 aliphatic heterocycles. The van der Waals surface area contributed by atoms with Gasteiger partial charge in [0.15, 0.2) is 6.61 Å². The molecule has 1 amide bonds. The summed E-state index contributed by atoms with van der Waals surface area (Å²) in [6.45, 7) is -0.300. The average Bonchev–Trinajstić information content (AvgIpc) is 3.09. The monoisotopic (exact) mass is 524 g/mol. The van der Waals surface area contributed by atoms with Gasteiger partial charge < -0.3 is 20.1 Å². The van der Waals surface area contributed by atoms with E-state index in [1.165, 1.54) is 18.4 Å². The Bertz CT molecular complexity index is 944. The minimum atomic E-state index is -1.90. The summed E-state index contributed by atoms with van der Waals surface area (Å²) in [7, 11) is 1.32. The molecule has 1 aromatic heterocycles. The summed E-state index contributed by atoms with van der Waals surface area (Å²) in [4.78, 5) is 26.0. The van der Waals surface area contributed by atoms with Crippen LogP contribution in [0.3, 0.4) is 0 Å². The molecular weight excluding hydrogens is 506 g/mol. The van der Waals surface area contributed by atoms with Gasteiger partial charge in [-0.05, 0) is 55.5 Å². The summed E-state index contributed by atoms with van der Waals surface area (Å²) in [5.41, 5.74) is 1.37. The number of benzene rings is 1. The molecule has 1 aromatic carbocycles. The molecular formula is C20H20Cl4N2O4S. The van der Waals surface area contributed by atoms with Gasteiger partial charge in [0.2, 0.25) is 3.79 Å². The maximum atomic E-state index is 12.4. The van der Waals surface area contributed by atoms with E-state index in [0.29, 0.717) is 21.3 Å². The Hall–Kier alpha value is -1.38. The van der Waals surface area contributed by atoms with Gasteiger partial charge in [0.25, 0.3) is 5.91 Å². The SMILES string of the molecule is COC(=O)c1c(N[C@@H](NC(=O)COc2ccc(Cl)cc2)C(Cl)(Cl)Cl)sc2c1CCCC2. The lowest BCUT2D eigenvalue weighted by atomic mass is 9.95. The summed E-state index contributed by atoms with van der Waals surface area (Å²) >= 11 is 25.6. The maximum absolute atomic E-state index is 12.4. The van der Waals surface area contributed by atoms with Crippen molar-refractivity contribution in [2.45, 2.75) is 35.6 Å². The van der Waals surface area contributed by atoms with Gasteiger partial charge in [0.1, 0.15) is 16.9 Å². The number of methoxy groups -OCH3 is 1. The summed E-state index contributed by atoms with van der Waals surface area (Å²) in [5, 5.41) is 6.67. The number of rotatable bonds is 7. The number of halogens is 4. The van der Waals surface area contributed by atoms with E-state index in [1.807, 2.05) is 0 Å². The number of hydrogen-bond donors (Lipinski definition) is 2. The second-order valence-electron chi connectivity index (χ2n) is 6.84. The van der Waals surface area contributed by atoms with Crippen molar-refractivity contribution in [1.29, 1.82) is 0 Å². The van der Waals surface area contributed by atoms with Gasteiger partial charge in [-0.25, -0.2) is 4.79 Å². The van der Waals surface area contributed by atoms with Crippen LogP contribution in [-0.4, -0.2) is 35.6 Å². The minimum Gasteiger partial charge on any atom is -0.484 e. The number of thiophene rings is 1. The van der Waals surface area contributed by atoms with Gasteiger partial charge >= 0.3 is 5.97 Å². The van der Waals surface area contributed by atoms with Crippen molar-refractivity contribution in [2.75, 3.05) is 19.0 Å². The smallest absolute Gasteiger partial charge is 0.341 e. The standard InChI is InChI=1S/C20H20Cl4N2O4S/c1-29-18(28)16-13-4-2-3-5-14(13)31-17(16)26-19(20(22,23)24)25-15(27)10-30-12-8-6-11(21)7-9-12/h6-9,19,26H,2-5,10H2,1H3,(H,25,27)/t19-/m1/s1. The molecule has 31 heavy (non-hydrogen) atoms. The van der Waals surface area contributed by atoms with E-state index < -0.39 is 21.8 Å². The number of alkyl halides is 3. The van der Waals surface area contributed by atoms with Crippen molar-refractivity contribution >= 4 is 74.6 Å². The van der Waals surface area contributed by atoms with Crippen LogP contribution in [0.25, 0.3) is 0 Å². The number of carbonyl (C=O) groups is 2. The molecule has 6 nitrogen and oxygen atoms in total. The van der Waals surface area contributed by atoms with Gasteiger partial charge in [0.05, 0.1) is 12.7 Å². The van der Waals surface area contributed by atoms with Gasteiger partial charge in [-0.1, -0.05) is 46.4 Å². The fourth-order valence-electron chi connectivity index (χ4n) is 3.20. The number of carbonyl (C=O) groups excluding carboxylic acids is 2. The van der Waals surface area contributed by atoms with Crippen LogP contribution in [0.5, 0.6) is 5.75 Å². The molecule has 0 fully saturated rings. The first kappa shape index (κ1) is 24.3. The highest BCUT2D eigenvalue weighted by atomic mass is 35.6. The van der Waals surface area contributed by atoms with Gasteiger partial charge in [0, 0.05) is 9.90 Å². The van der Waals surface area contributed by atoms with Crippen molar-refractivity contribution in [1.82, 2.24) is 5.32 Å². The fraction of sp³-hybridized carbons (Fsp3) is 0.400. The van der Waals surface area contributed by atoms with Gasteiger partial charge in [-0.15, -0.1) is 11.3 Å². The number of ether oxygens (including phenoxy) is 2. The zero-order chi connectivity index (χ0) is 22.6. The molecule has 1 heterocycles. The minimum absolute atomic E-state index is 0.300. The lowest BCUT2D eigenvalue weighted by Gasteiger charge is -2.27. The zero-order valence-corrected chi connectivity index (χ0v) is 20.3. The molecule has 0 spiro atoms. The largest absolute Gasteiger partial charge is 0.484 e. The normalized spacial score (nSPS) is 14.4. The highest BCUT2D eigenvalue weighted by Gasteiger charge is 2.36. The molecule has 2 aromatic rings. The zero-order valence-electron chi connectivity index (χ0n) is 16.5. The predicted octanol–water partition coefficient (Wildman–Crippen LogP) is 5.37. The molecule has 1 aliphatic rings. The molecule has 0 saturated carbocycles. The van der Waals surface area contributed by atoms with Crippen LogP contribution in [-0.2, 0) is 22.4 Å². The predicted molar refractivity (Wildman–Crippen MR) is 125 cm³/mol. The second kappa shape index (κ2) is 10.5. The number of anilines is 1. The van der Waals surface area contributed by atoms with E-state index in [1.54, 1.807) is 24.3 Å². The van der Waals surface area contributed by atoms with E-state index in [9.17, 15) is 9.59 Å². The third-order valence-electron chi connectivity index (χ3n) is 4.65. The third-order valence-corrected chi connectivity index (χ3v) is 6.78. The van der Waals surface area contributed by atoms with E-state index in [4.69, 9.17) is 55.9 Å². The topological polar surface area (TPSA) is 76.7 Å². The van der Waals surface area contributed by atoms with Crippen LogP contribution in [0.2, 0.25) is 5.02 Å². The molecule has 1 atom stereocenters. The summed E-state index contributed by atoms with van der Waals surface area (Å²) in [6, 6.07) is 6.57. The first-order valence-corrected chi connectivity index (χ1v) is 11.8. The number of aryl methyl sites for hydroxylation is 1. The molecule has 0 bridgehead atoms.